The zero-order valence-electron chi connectivity index (χ0n) is 15.8. The Kier molecular flexibility index (Phi) is 7.02. The van der Waals surface area contributed by atoms with Gasteiger partial charge in [0.2, 0.25) is 5.91 Å². The summed E-state index contributed by atoms with van der Waals surface area (Å²) in [5, 5.41) is 2.35. The average Bonchev–Trinajstić information content (AvgIpc) is 2.78. The summed E-state index contributed by atoms with van der Waals surface area (Å²) in [5.41, 5.74) is 8.07. The number of thiocarbonyl (C=S) groups is 1. The molecule has 0 heterocycles. The third-order valence-corrected chi connectivity index (χ3v) is 4.28. The van der Waals surface area contributed by atoms with E-state index in [2.05, 4.69) is 16.2 Å². The molecule has 3 aromatic rings. The number of carbonyl (C=O) groups excluding carboxylic acids is 2. The summed E-state index contributed by atoms with van der Waals surface area (Å²) < 4.78 is 12.9. The SMILES string of the molecule is O=C(/C=C/c1ccc(F)cc1)NC(=S)NNC(=O)c1ccc(-c2ccccc2)cc1. The molecule has 3 rings (SSSR count). The molecule has 0 fully saturated rings. The Bertz CT molecular complexity index is 1070. The number of hydrogen-bond donors (Lipinski definition) is 3. The summed E-state index contributed by atoms with van der Waals surface area (Å²) in [5.74, 6) is -1.24. The van der Waals surface area contributed by atoms with E-state index in [0.717, 1.165) is 11.1 Å². The Balaban J connectivity index is 1.47. The molecule has 0 radical (unpaired) electrons. The third kappa shape index (κ3) is 6.08. The molecule has 0 saturated heterocycles. The van der Waals surface area contributed by atoms with Crippen LogP contribution in [0, 0.1) is 5.82 Å². The number of nitrogens with one attached hydrogen (secondary N) is 3. The lowest BCUT2D eigenvalue weighted by Crippen LogP contribution is -2.48. The van der Waals surface area contributed by atoms with Gasteiger partial charge in [-0.15, -0.1) is 0 Å². The maximum Gasteiger partial charge on any atom is 0.269 e. The van der Waals surface area contributed by atoms with Crippen molar-refractivity contribution in [2.45, 2.75) is 0 Å². The lowest BCUT2D eigenvalue weighted by Gasteiger charge is -2.10. The molecule has 30 heavy (non-hydrogen) atoms. The Morgan fingerprint density at radius 3 is 2.10 bits per heavy atom. The van der Waals surface area contributed by atoms with Crippen LogP contribution < -0.4 is 16.2 Å². The van der Waals surface area contributed by atoms with Gasteiger partial charge in [0.1, 0.15) is 5.82 Å². The van der Waals surface area contributed by atoms with Crippen LogP contribution in [0.15, 0.2) is 84.9 Å². The first-order valence-electron chi connectivity index (χ1n) is 9.02. The minimum absolute atomic E-state index is 0.0574. The molecular weight excluding hydrogens is 401 g/mol. The number of hydrazine groups is 1. The van der Waals surface area contributed by atoms with Crippen molar-refractivity contribution < 1.29 is 14.0 Å². The van der Waals surface area contributed by atoms with Gasteiger partial charge in [-0.05, 0) is 59.2 Å². The summed E-state index contributed by atoms with van der Waals surface area (Å²) in [6.45, 7) is 0. The molecule has 7 heteroatoms. The highest BCUT2D eigenvalue weighted by atomic mass is 32.1. The zero-order chi connectivity index (χ0) is 21.3. The van der Waals surface area contributed by atoms with Crippen LogP contribution in [0.3, 0.4) is 0 Å². The number of rotatable bonds is 4. The molecule has 0 unspecified atom stereocenters. The van der Waals surface area contributed by atoms with Crippen molar-refractivity contribution in [3.05, 3.63) is 102 Å². The fourth-order valence-electron chi connectivity index (χ4n) is 2.56. The van der Waals surface area contributed by atoms with Crippen LogP contribution in [0.5, 0.6) is 0 Å². The number of halogens is 1. The fourth-order valence-corrected chi connectivity index (χ4v) is 2.71. The number of hydrogen-bond acceptors (Lipinski definition) is 3. The van der Waals surface area contributed by atoms with E-state index in [1.165, 1.54) is 24.3 Å². The molecule has 0 spiro atoms. The van der Waals surface area contributed by atoms with Crippen molar-refractivity contribution in [2.24, 2.45) is 0 Å². The first-order valence-corrected chi connectivity index (χ1v) is 9.42. The highest BCUT2D eigenvalue weighted by molar-refractivity contribution is 7.80. The number of amides is 2. The van der Waals surface area contributed by atoms with Gasteiger partial charge in [0.25, 0.3) is 5.91 Å². The fraction of sp³-hybridized carbons (Fsp3) is 0. The minimum Gasteiger partial charge on any atom is -0.298 e. The van der Waals surface area contributed by atoms with E-state index in [9.17, 15) is 14.0 Å². The predicted molar refractivity (Wildman–Crippen MR) is 119 cm³/mol. The molecule has 150 valence electrons. The summed E-state index contributed by atoms with van der Waals surface area (Å²) >= 11 is 4.99. The molecule has 0 aliphatic heterocycles. The van der Waals surface area contributed by atoms with Crippen LogP contribution in [0.25, 0.3) is 17.2 Å². The van der Waals surface area contributed by atoms with E-state index < -0.39 is 11.8 Å². The number of benzene rings is 3. The van der Waals surface area contributed by atoms with Crippen molar-refractivity contribution in [1.82, 2.24) is 16.2 Å². The summed E-state index contributed by atoms with van der Waals surface area (Å²) in [7, 11) is 0. The molecule has 0 saturated carbocycles. The second-order valence-corrected chi connectivity index (χ2v) is 6.63. The summed E-state index contributed by atoms with van der Waals surface area (Å²) in [6, 6.07) is 22.6. The normalized spacial score (nSPS) is 10.4. The van der Waals surface area contributed by atoms with Gasteiger partial charge < -0.3 is 0 Å². The van der Waals surface area contributed by atoms with Crippen molar-refractivity contribution >= 4 is 35.2 Å². The van der Waals surface area contributed by atoms with Crippen LogP contribution in [-0.4, -0.2) is 16.9 Å². The lowest BCUT2D eigenvalue weighted by atomic mass is 10.0. The molecule has 0 aromatic heterocycles. The molecular formula is C23H18FN3O2S. The standard InChI is InChI=1S/C23H18FN3O2S/c24-20-13-6-16(7-14-20)8-15-21(28)25-23(30)27-26-22(29)19-11-9-18(10-12-19)17-4-2-1-3-5-17/h1-15H,(H,26,29)(H2,25,27,28,30)/b15-8+. The topological polar surface area (TPSA) is 70.2 Å². The molecule has 0 atom stereocenters. The van der Waals surface area contributed by atoms with E-state index >= 15 is 0 Å². The molecule has 0 aliphatic rings. The molecule has 0 bridgehead atoms. The second-order valence-electron chi connectivity index (χ2n) is 6.23. The first kappa shape index (κ1) is 20.9. The largest absolute Gasteiger partial charge is 0.298 e. The molecule has 0 aliphatic carbocycles. The van der Waals surface area contributed by atoms with Crippen LogP contribution in [-0.2, 0) is 4.79 Å². The Morgan fingerprint density at radius 2 is 1.43 bits per heavy atom. The molecule has 3 N–H and O–H groups in total. The summed E-state index contributed by atoms with van der Waals surface area (Å²) in [4.78, 5) is 24.1. The van der Waals surface area contributed by atoms with Gasteiger partial charge in [-0.1, -0.05) is 54.6 Å². The average molecular weight is 419 g/mol. The first-order chi connectivity index (χ1) is 14.5. The highest BCUT2D eigenvalue weighted by Gasteiger charge is 2.07. The van der Waals surface area contributed by atoms with E-state index in [-0.39, 0.29) is 10.9 Å². The lowest BCUT2D eigenvalue weighted by molar-refractivity contribution is -0.115. The Labute approximate surface area is 178 Å². The zero-order valence-corrected chi connectivity index (χ0v) is 16.6. The van der Waals surface area contributed by atoms with Gasteiger partial charge in [-0.2, -0.15) is 0 Å². The quantitative estimate of drug-likeness (QED) is 0.341. The smallest absolute Gasteiger partial charge is 0.269 e. The van der Waals surface area contributed by atoms with Gasteiger partial charge in [0, 0.05) is 11.6 Å². The Hall–Kier alpha value is -3.84. The van der Waals surface area contributed by atoms with Crippen LogP contribution in [0.1, 0.15) is 15.9 Å². The van der Waals surface area contributed by atoms with E-state index in [4.69, 9.17) is 12.2 Å². The van der Waals surface area contributed by atoms with Crippen molar-refractivity contribution in [2.75, 3.05) is 0 Å². The van der Waals surface area contributed by atoms with Gasteiger partial charge in [0.15, 0.2) is 5.11 Å². The maximum absolute atomic E-state index is 12.9. The molecule has 3 aromatic carbocycles. The van der Waals surface area contributed by atoms with Crippen LogP contribution >= 0.6 is 12.2 Å². The van der Waals surface area contributed by atoms with Crippen molar-refractivity contribution in [3.8, 4) is 11.1 Å². The monoisotopic (exact) mass is 419 g/mol. The maximum atomic E-state index is 12.9. The molecule has 5 nitrogen and oxygen atoms in total. The summed E-state index contributed by atoms with van der Waals surface area (Å²) in [6.07, 6.45) is 2.77. The van der Waals surface area contributed by atoms with Crippen molar-refractivity contribution in [3.63, 3.8) is 0 Å². The van der Waals surface area contributed by atoms with E-state index in [0.29, 0.717) is 11.1 Å². The van der Waals surface area contributed by atoms with Gasteiger partial charge in [-0.3, -0.25) is 25.8 Å². The van der Waals surface area contributed by atoms with E-state index in [1.807, 2.05) is 42.5 Å². The van der Waals surface area contributed by atoms with E-state index in [1.54, 1.807) is 24.3 Å². The van der Waals surface area contributed by atoms with Crippen molar-refractivity contribution in [1.29, 1.82) is 0 Å². The number of carbonyl (C=O) groups is 2. The highest BCUT2D eigenvalue weighted by Crippen LogP contribution is 2.19. The molecule has 2 amide bonds. The predicted octanol–water partition coefficient (Wildman–Crippen LogP) is 3.84. The second kappa shape index (κ2) is 10.1. The minimum atomic E-state index is -0.488. The Morgan fingerprint density at radius 1 is 0.800 bits per heavy atom. The van der Waals surface area contributed by atoms with Gasteiger partial charge in [-0.25, -0.2) is 4.39 Å². The third-order valence-electron chi connectivity index (χ3n) is 4.08. The van der Waals surface area contributed by atoms with Gasteiger partial charge in [0.05, 0.1) is 0 Å². The van der Waals surface area contributed by atoms with Crippen LogP contribution in [0.4, 0.5) is 4.39 Å². The van der Waals surface area contributed by atoms with Gasteiger partial charge >= 0.3 is 0 Å². The van der Waals surface area contributed by atoms with Crippen LogP contribution in [0.2, 0.25) is 0 Å².